The Hall–Kier alpha value is -1.42. The number of carbonyl (C=O) groups excluding carboxylic acids is 1. The van der Waals surface area contributed by atoms with Crippen LogP contribution in [0, 0.1) is 0 Å². The molecular formula is C15H20N2OS. The van der Waals surface area contributed by atoms with Crippen molar-refractivity contribution in [2.24, 2.45) is 12.0 Å². The highest BCUT2D eigenvalue weighted by atomic mass is 32.1. The molecule has 1 heterocycles. The lowest BCUT2D eigenvalue weighted by Crippen LogP contribution is -2.12. The number of unbranched alkanes of at least 4 members (excludes halogenated alkanes) is 1. The number of benzene rings is 1. The Morgan fingerprint density at radius 2 is 2.16 bits per heavy atom. The summed E-state index contributed by atoms with van der Waals surface area (Å²) >= 11 is 1.59. The molecule has 0 bridgehead atoms. The lowest BCUT2D eigenvalue weighted by Gasteiger charge is -2.00. The number of aryl methyl sites for hydroxylation is 2. The van der Waals surface area contributed by atoms with E-state index in [1.54, 1.807) is 11.3 Å². The Morgan fingerprint density at radius 3 is 2.84 bits per heavy atom. The van der Waals surface area contributed by atoms with Crippen LogP contribution in [0.15, 0.2) is 23.2 Å². The maximum atomic E-state index is 11.4. The zero-order valence-electron chi connectivity index (χ0n) is 11.8. The molecule has 0 aliphatic carbocycles. The molecule has 0 saturated carbocycles. The lowest BCUT2D eigenvalue weighted by atomic mass is 10.1. The average Bonchev–Trinajstić information content (AvgIpc) is 2.72. The molecular weight excluding hydrogens is 256 g/mol. The van der Waals surface area contributed by atoms with Gasteiger partial charge in [-0.2, -0.15) is 4.99 Å². The van der Waals surface area contributed by atoms with E-state index < -0.39 is 0 Å². The SMILES string of the molecule is CCCCc1ccc2c(c1)sc(=NC(=O)CC)n2C. The quantitative estimate of drug-likeness (QED) is 0.842. The van der Waals surface area contributed by atoms with Crippen LogP contribution in [-0.4, -0.2) is 10.5 Å². The molecule has 102 valence electrons. The molecule has 0 atom stereocenters. The predicted molar refractivity (Wildman–Crippen MR) is 80.3 cm³/mol. The van der Waals surface area contributed by atoms with E-state index in [1.165, 1.54) is 23.1 Å². The van der Waals surface area contributed by atoms with Gasteiger partial charge in [0.25, 0.3) is 0 Å². The fourth-order valence-corrected chi connectivity index (χ4v) is 3.11. The van der Waals surface area contributed by atoms with E-state index in [-0.39, 0.29) is 5.91 Å². The fraction of sp³-hybridized carbons (Fsp3) is 0.467. The molecule has 1 aromatic carbocycles. The molecule has 0 saturated heterocycles. The van der Waals surface area contributed by atoms with Crippen molar-refractivity contribution in [1.29, 1.82) is 0 Å². The van der Waals surface area contributed by atoms with Gasteiger partial charge in [-0.05, 0) is 30.5 Å². The third-order valence-corrected chi connectivity index (χ3v) is 4.31. The Labute approximate surface area is 117 Å². The van der Waals surface area contributed by atoms with Crippen LogP contribution in [0.5, 0.6) is 0 Å². The first-order valence-electron chi connectivity index (χ1n) is 6.81. The Kier molecular flexibility index (Phi) is 4.53. The van der Waals surface area contributed by atoms with Gasteiger partial charge in [0.05, 0.1) is 10.2 Å². The molecule has 4 heteroatoms. The molecule has 0 aliphatic rings. The summed E-state index contributed by atoms with van der Waals surface area (Å²) < 4.78 is 3.20. The largest absolute Gasteiger partial charge is 0.319 e. The monoisotopic (exact) mass is 276 g/mol. The van der Waals surface area contributed by atoms with Crippen LogP contribution in [0.25, 0.3) is 10.2 Å². The van der Waals surface area contributed by atoms with Crippen LogP contribution in [-0.2, 0) is 18.3 Å². The van der Waals surface area contributed by atoms with E-state index in [2.05, 4.69) is 30.1 Å². The van der Waals surface area contributed by atoms with Gasteiger partial charge < -0.3 is 4.57 Å². The van der Waals surface area contributed by atoms with Crippen LogP contribution in [0.2, 0.25) is 0 Å². The van der Waals surface area contributed by atoms with Crippen molar-refractivity contribution in [3.63, 3.8) is 0 Å². The standard InChI is InChI=1S/C15H20N2OS/c1-4-6-7-11-8-9-12-13(10-11)19-15(17(12)3)16-14(18)5-2/h8-10H,4-7H2,1-3H3. The minimum Gasteiger partial charge on any atom is -0.319 e. The van der Waals surface area contributed by atoms with Crippen molar-refractivity contribution in [1.82, 2.24) is 4.57 Å². The molecule has 2 rings (SSSR count). The van der Waals surface area contributed by atoms with Gasteiger partial charge in [-0.3, -0.25) is 4.79 Å². The second-order valence-electron chi connectivity index (χ2n) is 4.71. The van der Waals surface area contributed by atoms with E-state index in [9.17, 15) is 4.79 Å². The average molecular weight is 276 g/mol. The number of rotatable bonds is 4. The zero-order valence-corrected chi connectivity index (χ0v) is 12.6. The summed E-state index contributed by atoms with van der Waals surface area (Å²) in [5, 5.41) is 0. The summed E-state index contributed by atoms with van der Waals surface area (Å²) in [6.45, 7) is 4.04. The van der Waals surface area contributed by atoms with E-state index in [4.69, 9.17) is 0 Å². The van der Waals surface area contributed by atoms with Crippen LogP contribution < -0.4 is 4.80 Å². The third kappa shape index (κ3) is 3.13. The summed E-state index contributed by atoms with van der Waals surface area (Å²) in [4.78, 5) is 16.4. The normalized spacial score (nSPS) is 12.3. The molecule has 1 aromatic heterocycles. The molecule has 0 unspecified atom stereocenters. The van der Waals surface area contributed by atoms with Crippen molar-refractivity contribution >= 4 is 27.5 Å². The molecule has 0 fully saturated rings. The van der Waals surface area contributed by atoms with Gasteiger partial charge in [0.2, 0.25) is 5.91 Å². The van der Waals surface area contributed by atoms with E-state index in [0.717, 1.165) is 16.7 Å². The first-order valence-corrected chi connectivity index (χ1v) is 7.63. The fourth-order valence-electron chi connectivity index (χ4n) is 2.01. The van der Waals surface area contributed by atoms with Crippen molar-refractivity contribution in [3.8, 4) is 0 Å². The molecule has 0 aliphatic heterocycles. The number of nitrogens with zero attached hydrogens (tertiary/aromatic N) is 2. The molecule has 3 nitrogen and oxygen atoms in total. The van der Waals surface area contributed by atoms with E-state index in [0.29, 0.717) is 6.42 Å². The minimum atomic E-state index is -0.0617. The number of thiazole rings is 1. The third-order valence-electron chi connectivity index (χ3n) is 3.22. The first-order chi connectivity index (χ1) is 9.15. The maximum Gasteiger partial charge on any atom is 0.248 e. The van der Waals surface area contributed by atoms with Crippen LogP contribution in [0.1, 0.15) is 38.7 Å². The second-order valence-corrected chi connectivity index (χ2v) is 5.72. The number of amides is 1. The van der Waals surface area contributed by atoms with E-state index in [1.807, 2.05) is 18.5 Å². The number of fused-ring (bicyclic) bond motifs is 1. The van der Waals surface area contributed by atoms with Crippen LogP contribution >= 0.6 is 11.3 Å². The smallest absolute Gasteiger partial charge is 0.248 e. The number of carbonyl (C=O) groups is 1. The Balaban J connectivity index is 2.45. The highest BCUT2D eigenvalue weighted by Crippen LogP contribution is 2.19. The Morgan fingerprint density at radius 1 is 1.37 bits per heavy atom. The van der Waals surface area contributed by atoms with E-state index >= 15 is 0 Å². The first kappa shape index (κ1) is 14.0. The van der Waals surface area contributed by atoms with Gasteiger partial charge in [-0.25, -0.2) is 0 Å². The molecule has 0 radical (unpaired) electrons. The molecule has 19 heavy (non-hydrogen) atoms. The van der Waals surface area contributed by atoms with Crippen LogP contribution in [0.4, 0.5) is 0 Å². The molecule has 1 amide bonds. The highest BCUT2D eigenvalue weighted by Gasteiger charge is 2.05. The number of hydrogen-bond acceptors (Lipinski definition) is 2. The number of aromatic nitrogens is 1. The summed E-state index contributed by atoms with van der Waals surface area (Å²) in [6, 6.07) is 6.54. The molecule has 2 aromatic rings. The second kappa shape index (κ2) is 6.15. The van der Waals surface area contributed by atoms with Crippen molar-refractivity contribution in [3.05, 3.63) is 28.6 Å². The minimum absolute atomic E-state index is 0.0617. The summed E-state index contributed by atoms with van der Waals surface area (Å²) in [7, 11) is 1.96. The summed E-state index contributed by atoms with van der Waals surface area (Å²) in [5.74, 6) is -0.0617. The summed E-state index contributed by atoms with van der Waals surface area (Å²) in [6.07, 6.45) is 4.00. The maximum absolute atomic E-state index is 11.4. The topological polar surface area (TPSA) is 34.4 Å². The highest BCUT2D eigenvalue weighted by molar-refractivity contribution is 7.16. The summed E-state index contributed by atoms with van der Waals surface area (Å²) in [5.41, 5.74) is 2.51. The molecule has 0 N–H and O–H groups in total. The van der Waals surface area contributed by atoms with Gasteiger partial charge in [0, 0.05) is 13.5 Å². The van der Waals surface area contributed by atoms with Gasteiger partial charge in [0.15, 0.2) is 4.80 Å². The van der Waals surface area contributed by atoms with Crippen LogP contribution in [0.3, 0.4) is 0 Å². The van der Waals surface area contributed by atoms with Crippen molar-refractivity contribution in [2.75, 3.05) is 0 Å². The number of hydrogen-bond donors (Lipinski definition) is 0. The zero-order chi connectivity index (χ0) is 13.8. The van der Waals surface area contributed by atoms with Gasteiger partial charge >= 0.3 is 0 Å². The molecule has 0 spiro atoms. The van der Waals surface area contributed by atoms with Gasteiger partial charge in [0.1, 0.15) is 0 Å². The lowest BCUT2D eigenvalue weighted by molar-refractivity contribution is -0.117. The van der Waals surface area contributed by atoms with Gasteiger partial charge in [-0.1, -0.05) is 37.7 Å². The Bertz CT molecular complexity index is 652. The van der Waals surface area contributed by atoms with Crippen molar-refractivity contribution in [2.45, 2.75) is 39.5 Å². The van der Waals surface area contributed by atoms with Gasteiger partial charge in [-0.15, -0.1) is 0 Å². The predicted octanol–water partition coefficient (Wildman–Crippen LogP) is 3.42. The van der Waals surface area contributed by atoms with Crippen molar-refractivity contribution < 1.29 is 4.79 Å².